The molecule has 2 aromatic rings. The van der Waals surface area contributed by atoms with E-state index in [0.29, 0.717) is 23.7 Å². The van der Waals surface area contributed by atoms with Crippen LogP contribution in [0.15, 0.2) is 54.6 Å². The van der Waals surface area contributed by atoms with Gasteiger partial charge in [-0.25, -0.2) is 0 Å². The highest BCUT2D eigenvalue weighted by Crippen LogP contribution is 2.29. The molecular formula is C18H16N2O. The van der Waals surface area contributed by atoms with Gasteiger partial charge in [-0.15, -0.1) is 0 Å². The Bertz CT molecular complexity index is 667. The van der Waals surface area contributed by atoms with Gasteiger partial charge in [-0.05, 0) is 42.7 Å². The van der Waals surface area contributed by atoms with Crippen LogP contribution in [0.25, 0.3) is 0 Å². The third-order valence-corrected chi connectivity index (χ3v) is 3.71. The Morgan fingerprint density at radius 3 is 2.33 bits per heavy atom. The number of hydrogen-bond acceptors (Lipinski definition) is 2. The lowest BCUT2D eigenvalue weighted by molar-refractivity contribution is 0.0730. The van der Waals surface area contributed by atoms with E-state index < -0.39 is 0 Å². The SMILES string of the molecule is N#Cc1ccc(C(=O)N(Cc2ccccc2)C2CC2)cc1. The molecule has 1 aliphatic carbocycles. The second-order valence-electron chi connectivity index (χ2n) is 5.34. The summed E-state index contributed by atoms with van der Waals surface area (Å²) in [5.41, 5.74) is 2.37. The van der Waals surface area contributed by atoms with Crippen LogP contribution in [0.5, 0.6) is 0 Å². The molecule has 0 bridgehead atoms. The van der Waals surface area contributed by atoms with Crippen LogP contribution >= 0.6 is 0 Å². The van der Waals surface area contributed by atoms with Crippen molar-refractivity contribution in [3.8, 4) is 6.07 Å². The number of hydrogen-bond donors (Lipinski definition) is 0. The van der Waals surface area contributed by atoms with Crippen LogP contribution in [-0.4, -0.2) is 16.8 Å². The predicted octanol–water partition coefficient (Wildman–Crippen LogP) is 3.36. The van der Waals surface area contributed by atoms with Gasteiger partial charge in [0.25, 0.3) is 5.91 Å². The van der Waals surface area contributed by atoms with E-state index in [9.17, 15) is 4.79 Å². The number of amides is 1. The highest BCUT2D eigenvalue weighted by atomic mass is 16.2. The number of nitriles is 1. The van der Waals surface area contributed by atoms with Crippen molar-refractivity contribution < 1.29 is 4.79 Å². The second-order valence-corrected chi connectivity index (χ2v) is 5.34. The molecule has 0 heterocycles. The normalized spacial score (nSPS) is 13.5. The predicted molar refractivity (Wildman–Crippen MR) is 80.5 cm³/mol. The molecule has 1 saturated carbocycles. The molecule has 0 atom stereocenters. The van der Waals surface area contributed by atoms with Gasteiger partial charge in [-0.2, -0.15) is 5.26 Å². The van der Waals surface area contributed by atoms with Crippen LogP contribution in [0.1, 0.15) is 34.3 Å². The van der Waals surface area contributed by atoms with Crippen molar-refractivity contribution in [2.75, 3.05) is 0 Å². The summed E-state index contributed by atoms with van der Waals surface area (Å²) in [6, 6.07) is 19.3. The van der Waals surface area contributed by atoms with Gasteiger partial charge in [-0.3, -0.25) is 4.79 Å². The Morgan fingerprint density at radius 2 is 1.76 bits per heavy atom. The molecular weight excluding hydrogens is 260 g/mol. The van der Waals surface area contributed by atoms with Gasteiger partial charge < -0.3 is 4.90 Å². The minimum absolute atomic E-state index is 0.0471. The molecule has 3 rings (SSSR count). The summed E-state index contributed by atoms with van der Waals surface area (Å²) >= 11 is 0. The zero-order valence-corrected chi connectivity index (χ0v) is 11.7. The van der Waals surface area contributed by atoms with Gasteiger partial charge in [0.1, 0.15) is 0 Å². The van der Waals surface area contributed by atoms with E-state index in [1.165, 1.54) is 0 Å². The van der Waals surface area contributed by atoms with Crippen LogP contribution in [0.2, 0.25) is 0 Å². The summed E-state index contributed by atoms with van der Waals surface area (Å²) in [6.07, 6.45) is 2.16. The monoisotopic (exact) mass is 276 g/mol. The molecule has 21 heavy (non-hydrogen) atoms. The summed E-state index contributed by atoms with van der Waals surface area (Å²) in [6.45, 7) is 0.643. The van der Waals surface area contributed by atoms with E-state index >= 15 is 0 Å². The molecule has 0 N–H and O–H groups in total. The maximum absolute atomic E-state index is 12.7. The van der Waals surface area contributed by atoms with E-state index in [0.717, 1.165) is 18.4 Å². The first-order valence-electron chi connectivity index (χ1n) is 7.13. The maximum Gasteiger partial charge on any atom is 0.254 e. The molecule has 2 aromatic carbocycles. The number of benzene rings is 2. The third-order valence-electron chi connectivity index (χ3n) is 3.71. The molecule has 1 fully saturated rings. The van der Waals surface area contributed by atoms with Crippen LogP contribution in [-0.2, 0) is 6.54 Å². The van der Waals surface area contributed by atoms with E-state index in [-0.39, 0.29) is 5.91 Å². The van der Waals surface area contributed by atoms with Crippen molar-refractivity contribution in [2.45, 2.75) is 25.4 Å². The Labute approximate surface area is 124 Å². The van der Waals surface area contributed by atoms with Crippen molar-refractivity contribution in [2.24, 2.45) is 0 Å². The summed E-state index contributed by atoms with van der Waals surface area (Å²) in [4.78, 5) is 14.6. The zero-order chi connectivity index (χ0) is 14.7. The first-order valence-corrected chi connectivity index (χ1v) is 7.13. The summed E-state index contributed by atoms with van der Waals surface area (Å²) in [5, 5.41) is 8.82. The van der Waals surface area contributed by atoms with Gasteiger partial charge in [0, 0.05) is 18.2 Å². The Balaban J connectivity index is 1.80. The topological polar surface area (TPSA) is 44.1 Å². The lowest BCUT2D eigenvalue weighted by Crippen LogP contribution is -2.32. The fraction of sp³-hybridized carbons (Fsp3) is 0.222. The van der Waals surface area contributed by atoms with Crippen LogP contribution in [0.3, 0.4) is 0 Å². The Kier molecular flexibility index (Phi) is 3.70. The zero-order valence-electron chi connectivity index (χ0n) is 11.7. The van der Waals surface area contributed by atoms with Crippen molar-refractivity contribution >= 4 is 5.91 Å². The Hall–Kier alpha value is -2.60. The summed E-state index contributed by atoms with van der Waals surface area (Å²) < 4.78 is 0. The van der Waals surface area contributed by atoms with Crippen molar-refractivity contribution in [3.63, 3.8) is 0 Å². The van der Waals surface area contributed by atoms with E-state index in [2.05, 4.69) is 6.07 Å². The average Bonchev–Trinajstić information content (AvgIpc) is 3.38. The second kappa shape index (κ2) is 5.80. The number of carbonyl (C=O) groups excluding carboxylic acids is 1. The van der Waals surface area contributed by atoms with Crippen LogP contribution in [0, 0.1) is 11.3 Å². The molecule has 0 radical (unpaired) electrons. The standard InChI is InChI=1S/C18H16N2O/c19-12-14-6-8-16(9-7-14)18(21)20(17-10-11-17)13-15-4-2-1-3-5-15/h1-9,17H,10-11,13H2. The minimum Gasteiger partial charge on any atom is -0.331 e. The van der Waals surface area contributed by atoms with E-state index in [4.69, 9.17) is 5.26 Å². The van der Waals surface area contributed by atoms with Crippen LogP contribution < -0.4 is 0 Å². The van der Waals surface area contributed by atoms with Gasteiger partial charge >= 0.3 is 0 Å². The minimum atomic E-state index is 0.0471. The first-order chi connectivity index (χ1) is 10.3. The molecule has 104 valence electrons. The fourth-order valence-electron chi connectivity index (χ4n) is 2.39. The molecule has 0 aliphatic heterocycles. The van der Waals surface area contributed by atoms with Gasteiger partial charge in [-0.1, -0.05) is 30.3 Å². The Morgan fingerprint density at radius 1 is 1.10 bits per heavy atom. The van der Waals surface area contributed by atoms with Gasteiger partial charge in [0.15, 0.2) is 0 Å². The molecule has 3 nitrogen and oxygen atoms in total. The maximum atomic E-state index is 12.7. The average molecular weight is 276 g/mol. The highest BCUT2D eigenvalue weighted by Gasteiger charge is 2.32. The number of carbonyl (C=O) groups is 1. The largest absolute Gasteiger partial charge is 0.331 e. The molecule has 1 aliphatic rings. The smallest absolute Gasteiger partial charge is 0.254 e. The van der Waals surface area contributed by atoms with Crippen molar-refractivity contribution in [1.29, 1.82) is 5.26 Å². The third kappa shape index (κ3) is 3.11. The lowest BCUT2D eigenvalue weighted by atomic mass is 10.1. The number of rotatable bonds is 4. The van der Waals surface area contributed by atoms with Crippen LogP contribution in [0.4, 0.5) is 0 Å². The van der Waals surface area contributed by atoms with Gasteiger partial charge in [0.2, 0.25) is 0 Å². The molecule has 3 heteroatoms. The molecule has 0 spiro atoms. The summed E-state index contributed by atoms with van der Waals surface area (Å²) in [7, 11) is 0. The van der Waals surface area contributed by atoms with Gasteiger partial charge in [0.05, 0.1) is 11.6 Å². The highest BCUT2D eigenvalue weighted by molar-refractivity contribution is 5.94. The fourth-order valence-corrected chi connectivity index (χ4v) is 2.39. The lowest BCUT2D eigenvalue weighted by Gasteiger charge is -2.22. The van der Waals surface area contributed by atoms with Crippen molar-refractivity contribution in [3.05, 3.63) is 71.3 Å². The number of nitrogens with zero attached hydrogens (tertiary/aromatic N) is 2. The molecule has 0 aromatic heterocycles. The summed E-state index contributed by atoms with van der Waals surface area (Å²) in [5.74, 6) is 0.0471. The van der Waals surface area contributed by atoms with E-state index in [1.807, 2.05) is 35.2 Å². The van der Waals surface area contributed by atoms with E-state index in [1.54, 1.807) is 24.3 Å². The first kappa shape index (κ1) is 13.4. The quantitative estimate of drug-likeness (QED) is 0.859. The van der Waals surface area contributed by atoms with Crippen molar-refractivity contribution in [1.82, 2.24) is 4.90 Å². The molecule has 1 amide bonds. The molecule has 0 unspecified atom stereocenters. The molecule has 0 saturated heterocycles.